The quantitative estimate of drug-likeness (QED) is 0.843. The summed E-state index contributed by atoms with van der Waals surface area (Å²) in [5, 5.41) is 0. The van der Waals surface area contributed by atoms with Gasteiger partial charge in [-0.2, -0.15) is 0 Å². The molecule has 0 aliphatic rings. The first-order valence-corrected chi connectivity index (χ1v) is 7.59. The van der Waals surface area contributed by atoms with E-state index in [9.17, 15) is 4.79 Å². The third kappa shape index (κ3) is 4.38. The fraction of sp³-hybridized carbons (Fsp3) is 0.389. The summed E-state index contributed by atoms with van der Waals surface area (Å²) < 4.78 is 7.52. The predicted molar refractivity (Wildman–Crippen MR) is 89.2 cm³/mol. The smallest absolute Gasteiger partial charge is 0.414 e. The number of anilines is 1. The number of ether oxygens (including phenoxy) is 1. The summed E-state index contributed by atoms with van der Waals surface area (Å²) in [6.45, 7) is 8.92. The summed E-state index contributed by atoms with van der Waals surface area (Å²) in [7, 11) is 0. The number of carbonyl (C=O) groups excluding carboxylic acids is 1. The average Bonchev–Trinajstić information content (AvgIpc) is 2.87. The second kappa shape index (κ2) is 6.69. The van der Waals surface area contributed by atoms with Crippen LogP contribution in [0.3, 0.4) is 0 Å². The lowest BCUT2D eigenvalue weighted by atomic mass is 10.2. The highest BCUT2D eigenvalue weighted by molar-refractivity contribution is 5.87. The molecule has 0 bridgehead atoms. The molecule has 1 aromatic carbocycles. The van der Waals surface area contributed by atoms with Gasteiger partial charge in [0, 0.05) is 25.5 Å². The molecule has 0 saturated carbocycles. The molecular formula is C18H24N2O2. The largest absolute Gasteiger partial charge is 0.443 e. The molecule has 4 heteroatoms. The van der Waals surface area contributed by atoms with E-state index in [0.29, 0.717) is 6.54 Å². The number of amides is 1. The molecule has 4 nitrogen and oxygen atoms in total. The van der Waals surface area contributed by atoms with Crippen molar-refractivity contribution in [3.8, 4) is 0 Å². The molecule has 0 radical (unpaired) electrons. The molecule has 1 amide bonds. The van der Waals surface area contributed by atoms with Crippen molar-refractivity contribution < 1.29 is 9.53 Å². The number of nitrogens with zero attached hydrogens (tertiary/aromatic N) is 2. The van der Waals surface area contributed by atoms with E-state index in [2.05, 4.69) is 16.7 Å². The minimum Gasteiger partial charge on any atom is -0.443 e. The van der Waals surface area contributed by atoms with Gasteiger partial charge < -0.3 is 9.30 Å². The normalized spacial score (nSPS) is 11.3. The van der Waals surface area contributed by atoms with Gasteiger partial charge in [-0.3, -0.25) is 4.90 Å². The van der Waals surface area contributed by atoms with Crippen molar-refractivity contribution in [2.75, 3.05) is 11.4 Å². The van der Waals surface area contributed by atoms with Gasteiger partial charge in [-0.15, -0.1) is 0 Å². The second-order valence-corrected chi connectivity index (χ2v) is 6.25. The molecule has 0 unspecified atom stereocenters. The predicted octanol–water partition coefficient (Wildman–Crippen LogP) is 4.30. The van der Waals surface area contributed by atoms with Crippen LogP contribution in [0.5, 0.6) is 0 Å². The Balaban J connectivity index is 2.10. The monoisotopic (exact) mass is 300 g/mol. The number of rotatable bonds is 4. The Morgan fingerprint density at radius 2 is 1.86 bits per heavy atom. The molecule has 0 fully saturated rings. The summed E-state index contributed by atoms with van der Waals surface area (Å²) in [6.07, 6.45) is 3.64. The zero-order valence-electron chi connectivity index (χ0n) is 13.7. The molecule has 0 saturated heterocycles. The maximum absolute atomic E-state index is 12.3. The summed E-state index contributed by atoms with van der Waals surface area (Å²) in [4.78, 5) is 13.9. The van der Waals surface area contributed by atoms with Crippen molar-refractivity contribution in [1.82, 2.24) is 4.57 Å². The fourth-order valence-corrected chi connectivity index (χ4v) is 2.21. The number of aromatic nitrogens is 1. The van der Waals surface area contributed by atoms with Crippen molar-refractivity contribution in [3.63, 3.8) is 0 Å². The number of hydrogen-bond donors (Lipinski definition) is 0. The maximum Gasteiger partial charge on any atom is 0.414 e. The topological polar surface area (TPSA) is 34.5 Å². The first-order valence-electron chi connectivity index (χ1n) is 7.59. The maximum atomic E-state index is 12.3. The van der Waals surface area contributed by atoms with Crippen LogP contribution in [-0.4, -0.2) is 22.8 Å². The van der Waals surface area contributed by atoms with Gasteiger partial charge in [0.2, 0.25) is 0 Å². The Morgan fingerprint density at radius 3 is 2.45 bits per heavy atom. The number of carbonyl (C=O) groups is 1. The Hall–Kier alpha value is -2.23. The zero-order chi connectivity index (χ0) is 16.2. The van der Waals surface area contributed by atoms with E-state index in [0.717, 1.165) is 12.2 Å². The van der Waals surface area contributed by atoms with Gasteiger partial charge >= 0.3 is 6.09 Å². The lowest BCUT2D eigenvalue weighted by molar-refractivity contribution is 0.0582. The van der Waals surface area contributed by atoms with Crippen molar-refractivity contribution in [2.45, 2.75) is 39.8 Å². The standard InChI is InChI=1S/C18H24N2O2/c1-5-20(17(21)22-18(2,3)4)16-11-12-19(14-16)13-15-9-7-6-8-10-15/h6-12,14H,5,13H2,1-4H3. The van der Waals surface area contributed by atoms with E-state index in [-0.39, 0.29) is 6.09 Å². The minimum absolute atomic E-state index is 0.313. The van der Waals surface area contributed by atoms with Crippen LogP contribution >= 0.6 is 0 Å². The van der Waals surface area contributed by atoms with Gasteiger partial charge in [0.15, 0.2) is 0 Å². The molecule has 118 valence electrons. The molecule has 1 aromatic heterocycles. The van der Waals surface area contributed by atoms with Crippen LogP contribution in [-0.2, 0) is 11.3 Å². The van der Waals surface area contributed by atoms with E-state index >= 15 is 0 Å². The molecular weight excluding hydrogens is 276 g/mol. The molecule has 0 spiro atoms. The first-order chi connectivity index (χ1) is 10.4. The Kier molecular flexibility index (Phi) is 4.91. The minimum atomic E-state index is -0.489. The van der Waals surface area contributed by atoms with Crippen LogP contribution in [0.15, 0.2) is 48.8 Å². The molecule has 1 heterocycles. The van der Waals surface area contributed by atoms with E-state index in [1.165, 1.54) is 5.56 Å². The summed E-state index contributed by atoms with van der Waals surface area (Å²) in [6, 6.07) is 12.2. The highest BCUT2D eigenvalue weighted by Crippen LogP contribution is 2.19. The van der Waals surface area contributed by atoms with Crippen molar-refractivity contribution in [3.05, 3.63) is 54.4 Å². The SMILES string of the molecule is CCN(C(=O)OC(C)(C)C)c1ccn(Cc2ccccc2)c1. The van der Waals surface area contributed by atoms with Gasteiger partial charge in [-0.05, 0) is 39.3 Å². The third-order valence-electron chi connectivity index (χ3n) is 3.18. The van der Waals surface area contributed by atoms with Crippen LogP contribution in [0, 0.1) is 0 Å². The van der Waals surface area contributed by atoms with Crippen molar-refractivity contribution in [1.29, 1.82) is 0 Å². The summed E-state index contributed by atoms with van der Waals surface area (Å²) in [5.74, 6) is 0. The van der Waals surface area contributed by atoms with Gasteiger partial charge in [0.1, 0.15) is 5.60 Å². The molecule has 0 atom stereocenters. The third-order valence-corrected chi connectivity index (χ3v) is 3.18. The van der Waals surface area contributed by atoms with Crippen LogP contribution in [0.2, 0.25) is 0 Å². The molecule has 22 heavy (non-hydrogen) atoms. The van der Waals surface area contributed by atoms with Gasteiger partial charge in [-0.25, -0.2) is 4.79 Å². The van der Waals surface area contributed by atoms with Crippen molar-refractivity contribution in [2.24, 2.45) is 0 Å². The number of benzene rings is 1. The molecule has 0 aliphatic heterocycles. The molecule has 2 aromatic rings. The Morgan fingerprint density at radius 1 is 1.18 bits per heavy atom. The Labute approximate surface area is 132 Å². The van der Waals surface area contributed by atoms with Gasteiger partial charge in [0.25, 0.3) is 0 Å². The average molecular weight is 300 g/mol. The van der Waals surface area contributed by atoms with E-state index in [1.54, 1.807) is 4.90 Å². The van der Waals surface area contributed by atoms with Crippen LogP contribution in [0.25, 0.3) is 0 Å². The summed E-state index contributed by atoms with van der Waals surface area (Å²) in [5.41, 5.74) is 1.59. The van der Waals surface area contributed by atoms with Gasteiger partial charge in [-0.1, -0.05) is 30.3 Å². The van der Waals surface area contributed by atoms with Crippen LogP contribution < -0.4 is 4.90 Å². The fourth-order valence-electron chi connectivity index (χ4n) is 2.21. The highest BCUT2D eigenvalue weighted by atomic mass is 16.6. The van der Waals surface area contributed by atoms with Gasteiger partial charge in [0.05, 0.1) is 5.69 Å². The molecule has 0 N–H and O–H groups in total. The zero-order valence-corrected chi connectivity index (χ0v) is 13.7. The van der Waals surface area contributed by atoms with Crippen LogP contribution in [0.4, 0.5) is 10.5 Å². The lowest BCUT2D eigenvalue weighted by Crippen LogP contribution is -2.36. The summed E-state index contributed by atoms with van der Waals surface area (Å²) >= 11 is 0. The number of hydrogen-bond acceptors (Lipinski definition) is 2. The highest BCUT2D eigenvalue weighted by Gasteiger charge is 2.22. The molecule has 2 rings (SSSR count). The molecule has 0 aliphatic carbocycles. The van der Waals surface area contributed by atoms with E-state index < -0.39 is 5.60 Å². The van der Waals surface area contributed by atoms with Crippen molar-refractivity contribution >= 4 is 11.8 Å². The van der Waals surface area contributed by atoms with E-state index in [4.69, 9.17) is 4.74 Å². The van der Waals surface area contributed by atoms with Crippen LogP contribution in [0.1, 0.15) is 33.3 Å². The Bertz CT molecular complexity index is 612. The second-order valence-electron chi connectivity index (χ2n) is 6.25. The lowest BCUT2D eigenvalue weighted by Gasteiger charge is -2.25. The first kappa shape index (κ1) is 16.1. The van der Waals surface area contributed by atoms with E-state index in [1.807, 2.05) is 64.4 Å².